The number of nitrogens with one attached hydrogen (secondary N) is 1. The van der Waals surface area contributed by atoms with Gasteiger partial charge in [0.1, 0.15) is 12.4 Å². The molecule has 1 aromatic heterocycles. The lowest BCUT2D eigenvalue weighted by Crippen LogP contribution is -2.36. The minimum Gasteiger partial charge on any atom is -0.342 e. The number of benzene rings is 3. The molecule has 5 rings (SSSR count). The molecule has 0 spiro atoms. The van der Waals surface area contributed by atoms with E-state index < -0.39 is 46.7 Å². The van der Waals surface area contributed by atoms with Crippen LogP contribution in [0.1, 0.15) is 11.1 Å². The molecule has 0 saturated carbocycles. The lowest BCUT2D eigenvalue weighted by atomic mass is 10.1. The molecule has 1 aliphatic rings. The maximum atomic E-state index is 14.2. The molecule has 11 heteroatoms. The Hall–Kier alpha value is -4.38. The zero-order chi connectivity index (χ0) is 27.0. The molecule has 192 valence electrons. The smallest absolute Gasteiger partial charge is 0.294 e. The van der Waals surface area contributed by atoms with Crippen LogP contribution in [0.5, 0.6) is 0 Å². The number of fused-ring (bicyclic) bond motifs is 1. The first-order valence-corrected chi connectivity index (χ1v) is 12.0. The van der Waals surface area contributed by atoms with Gasteiger partial charge in [-0.05, 0) is 42.1 Å². The topological polar surface area (TPSA) is 71.4 Å². The summed E-state index contributed by atoms with van der Waals surface area (Å²) < 4.78 is 56.5. The molecule has 6 nitrogen and oxygen atoms in total. The Balaban J connectivity index is 1.38. The molecule has 0 radical (unpaired) electrons. The first-order chi connectivity index (χ1) is 18.2. The second-order valence-electron chi connectivity index (χ2n) is 8.36. The van der Waals surface area contributed by atoms with Crippen molar-refractivity contribution in [2.75, 3.05) is 11.9 Å². The van der Waals surface area contributed by atoms with E-state index in [-0.39, 0.29) is 17.3 Å². The minimum atomic E-state index is -1.76. The number of hydrogen-bond acceptors (Lipinski definition) is 4. The molecule has 4 aromatic rings. The highest BCUT2D eigenvalue weighted by molar-refractivity contribution is 8.18. The Bertz CT molecular complexity index is 1650. The van der Waals surface area contributed by atoms with Crippen molar-refractivity contribution in [3.05, 3.63) is 106 Å². The van der Waals surface area contributed by atoms with Gasteiger partial charge in [-0.1, -0.05) is 36.4 Å². The zero-order valence-electron chi connectivity index (χ0n) is 19.4. The van der Waals surface area contributed by atoms with Crippen molar-refractivity contribution in [1.29, 1.82) is 0 Å². The second kappa shape index (κ2) is 10.2. The summed E-state index contributed by atoms with van der Waals surface area (Å²) in [6.07, 6.45) is 3.25. The number of thioether (sulfide) groups is 1. The van der Waals surface area contributed by atoms with Crippen molar-refractivity contribution >= 4 is 51.5 Å². The Kier molecular flexibility index (Phi) is 6.77. The van der Waals surface area contributed by atoms with Gasteiger partial charge in [0.25, 0.3) is 11.1 Å². The van der Waals surface area contributed by atoms with E-state index in [4.69, 9.17) is 0 Å². The fourth-order valence-corrected chi connectivity index (χ4v) is 4.89. The standard InChI is InChI=1S/C27H17F4N3O3S/c28-18-7-3-1-5-15(18)12-33-13-16(17-6-2-4-8-21(17)33)11-22-26(36)34(27(37)38-22)14-23(35)32-20-10-9-19(29)24(30)25(20)31/h1-11,13H,12,14H2,(H,32,35)/b22-11-. The lowest BCUT2D eigenvalue weighted by Gasteiger charge is -2.13. The fourth-order valence-electron chi connectivity index (χ4n) is 4.06. The van der Waals surface area contributed by atoms with Gasteiger partial charge in [0.15, 0.2) is 17.5 Å². The number of halogens is 4. The van der Waals surface area contributed by atoms with Crippen LogP contribution in [0.25, 0.3) is 17.0 Å². The third-order valence-electron chi connectivity index (χ3n) is 5.89. The van der Waals surface area contributed by atoms with Gasteiger partial charge >= 0.3 is 0 Å². The number of carbonyl (C=O) groups is 3. The van der Waals surface area contributed by atoms with Gasteiger partial charge < -0.3 is 9.88 Å². The SMILES string of the molecule is O=C(CN1C(=O)S/C(=C\c2cn(Cc3ccccc3F)c3ccccc23)C1=O)Nc1ccc(F)c(F)c1F. The quantitative estimate of drug-likeness (QED) is 0.188. The molecule has 3 aromatic carbocycles. The van der Waals surface area contributed by atoms with Gasteiger partial charge in [0, 0.05) is 28.2 Å². The summed E-state index contributed by atoms with van der Waals surface area (Å²) in [5.41, 5.74) is 1.24. The van der Waals surface area contributed by atoms with Crippen LogP contribution in [0.2, 0.25) is 0 Å². The van der Waals surface area contributed by atoms with E-state index in [9.17, 15) is 31.9 Å². The Morgan fingerprint density at radius 1 is 0.895 bits per heavy atom. The molecular weight excluding hydrogens is 522 g/mol. The molecule has 1 N–H and O–H groups in total. The summed E-state index contributed by atoms with van der Waals surface area (Å²) in [4.78, 5) is 38.5. The third kappa shape index (κ3) is 4.80. The molecule has 0 bridgehead atoms. The number of aromatic nitrogens is 1. The maximum absolute atomic E-state index is 14.2. The molecule has 1 fully saturated rings. The number of para-hydroxylation sites is 1. The summed E-state index contributed by atoms with van der Waals surface area (Å²) in [6.45, 7) is -0.515. The van der Waals surface area contributed by atoms with Crippen molar-refractivity contribution in [2.24, 2.45) is 0 Å². The van der Waals surface area contributed by atoms with E-state index >= 15 is 0 Å². The molecule has 0 unspecified atom stereocenters. The number of imide groups is 1. The molecule has 0 aliphatic carbocycles. The van der Waals surface area contributed by atoms with Gasteiger partial charge in [0.2, 0.25) is 5.91 Å². The Morgan fingerprint density at radius 2 is 1.63 bits per heavy atom. The average molecular weight is 540 g/mol. The number of anilines is 1. The van der Waals surface area contributed by atoms with Gasteiger partial charge in [0.05, 0.1) is 17.1 Å². The van der Waals surface area contributed by atoms with Crippen LogP contribution in [-0.4, -0.2) is 33.1 Å². The summed E-state index contributed by atoms with van der Waals surface area (Å²) in [6, 6.07) is 15.2. The van der Waals surface area contributed by atoms with Crippen LogP contribution >= 0.6 is 11.8 Å². The number of nitrogens with zero attached hydrogens (tertiary/aromatic N) is 2. The molecule has 2 heterocycles. The highest BCUT2D eigenvalue weighted by Gasteiger charge is 2.36. The van der Waals surface area contributed by atoms with Crippen LogP contribution in [0.4, 0.5) is 28.0 Å². The minimum absolute atomic E-state index is 0.0515. The van der Waals surface area contributed by atoms with E-state index in [0.717, 1.165) is 17.0 Å². The second-order valence-corrected chi connectivity index (χ2v) is 9.35. The van der Waals surface area contributed by atoms with Crippen molar-refractivity contribution in [1.82, 2.24) is 9.47 Å². The van der Waals surface area contributed by atoms with E-state index in [2.05, 4.69) is 0 Å². The monoisotopic (exact) mass is 539 g/mol. The molecule has 1 aliphatic heterocycles. The third-order valence-corrected chi connectivity index (χ3v) is 6.80. The van der Waals surface area contributed by atoms with Crippen LogP contribution in [0, 0.1) is 23.3 Å². The van der Waals surface area contributed by atoms with Crippen molar-refractivity contribution in [3.8, 4) is 0 Å². The summed E-state index contributed by atoms with van der Waals surface area (Å²) in [7, 11) is 0. The van der Waals surface area contributed by atoms with E-state index in [1.807, 2.05) is 28.1 Å². The predicted octanol–water partition coefficient (Wildman–Crippen LogP) is 5.92. The summed E-state index contributed by atoms with van der Waals surface area (Å²) in [5.74, 6) is -6.85. The van der Waals surface area contributed by atoms with E-state index in [1.165, 1.54) is 12.1 Å². The molecule has 1 saturated heterocycles. The molecular formula is C27H17F4N3O3S. The first-order valence-electron chi connectivity index (χ1n) is 11.2. The van der Waals surface area contributed by atoms with E-state index in [0.29, 0.717) is 33.9 Å². The Labute approximate surface area is 217 Å². The van der Waals surface area contributed by atoms with Gasteiger partial charge in [-0.15, -0.1) is 0 Å². The lowest BCUT2D eigenvalue weighted by molar-refractivity contribution is -0.127. The van der Waals surface area contributed by atoms with Gasteiger partial charge in [-0.2, -0.15) is 0 Å². The normalized spacial score (nSPS) is 14.6. The number of rotatable bonds is 6. The highest BCUT2D eigenvalue weighted by Crippen LogP contribution is 2.34. The van der Waals surface area contributed by atoms with Crippen molar-refractivity contribution < 1.29 is 31.9 Å². The van der Waals surface area contributed by atoms with Crippen molar-refractivity contribution in [3.63, 3.8) is 0 Å². The van der Waals surface area contributed by atoms with Crippen LogP contribution in [-0.2, 0) is 16.1 Å². The zero-order valence-corrected chi connectivity index (χ0v) is 20.2. The summed E-state index contributed by atoms with van der Waals surface area (Å²) >= 11 is 0.622. The number of hydrogen-bond donors (Lipinski definition) is 1. The summed E-state index contributed by atoms with van der Waals surface area (Å²) in [5, 5.41) is 2.08. The van der Waals surface area contributed by atoms with E-state index in [1.54, 1.807) is 30.5 Å². The Morgan fingerprint density at radius 3 is 2.42 bits per heavy atom. The van der Waals surface area contributed by atoms with Gasteiger partial charge in [-0.25, -0.2) is 17.6 Å². The number of amides is 3. The van der Waals surface area contributed by atoms with Crippen LogP contribution in [0.15, 0.2) is 71.8 Å². The van der Waals surface area contributed by atoms with Crippen LogP contribution < -0.4 is 5.32 Å². The maximum Gasteiger partial charge on any atom is 0.294 e. The first kappa shape index (κ1) is 25.3. The van der Waals surface area contributed by atoms with Gasteiger partial charge in [-0.3, -0.25) is 19.3 Å². The predicted molar refractivity (Wildman–Crippen MR) is 135 cm³/mol. The largest absolute Gasteiger partial charge is 0.342 e. The number of carbonyl (C=O) groups excluding carboxylic acids is 3. The van der Waals surface area contributed by atoms with Crippen molar-refractivity contribution in [2.45, 2.75) is 6.54 Å². The average Bonchev–Trinajstić information content (AvgIpc) is 3.37. The molecule has 38 heavy (non-hydrogen) atoms. The fraction of sp³-hybridized carbons (Fsp3) is 0.0741. The highest BCUT2D eigenvalue weighted by atomic mass is 32.2. The molecule has 3 amide bonds. The molecule has 0 atom stereocenters. The van der Waals surface area contributed by atoms with Crippen LogP contribution in [0.3, 0.4) is 0 Å².